The van der Waals surface area contributed by atoms with Crippen LogP contribution in [0.3, 0.4) is 0 Å². The predicted octanol–water partition coefficient (Wildman–Crippen LogP) is 3.78. The Morgan fingerprint density at radius 1 is 0.871 bits per heavy atom. The molecule has 162 valence electrons. The molecule has 2 aromatic carbocycles. The maximum Gasteiger partial charge on any atom is 0.416 e. The van der Waals surface area contributed by atoms with Gasteiger partial charge in [0.25, 0.3) is 5.56 Å². The quantitative estimate of drug-likeness (QED) is 0.464. The first kappa shape index (κ1) is 22.1. The summed E-state index contributed by atoms with van der Waals surface area (Å²) in [5.74, 6) is 0.541. The van der Waals surface area contributed by atoms with E-state index >= 15 is 0 Å². The lowest BCUT2D eigenvalue weighted by Gasteiger charge is -2.13. The first-order chi connectivity index (χ1) is 14.8. The summed E-state index contributed by atoms with van der Waals surface area (Å²) in [4.78, 5) is 15.9. The number of benzene rings is 2. The van der Waals surface area contributed by atoms with Crippen molar-refractivity contribution in [3.63, 3.8) is 0 Å². The van der Waals surface area contributed by atoms with Crippen molar-refractivity contribution >= 4 is 5.96 Å². The standard InChI is InChI=1S/C23H23F3N4O/c1-27-22(29-15-18-9-11-20(12-10-18)23(24,25)26)28-14-17-5-7-19(8-6-17)16-30-13-3-2-4-21(30)31/h2-13H,14-16H2,1H3,(H2,27,28,29). The summed E-state index contributed by atoms with van der Waals surface area (Å²) in [6.07, 6.45) is -2.58. The molecule has 0 amide bonds. The molecular formula is C23H23F3N4O. The summed E-state index contributed by atoms with van der Waals surface area (Å²) in [5, 5.41) is 6.26. The van der Waals surface area contributed by atoms with Gasteiger partial charge in [-0.2, -0.15) is 13.2 Å². The molecule has 0 spiro atoms. The molecule has 0 aliphatic heterocycles. The second kappa shape index (κ2) is 9.97. The molecule has 1 heterocycles. The first-order valence-corrected chi connectivity index (χ1v) is 9.69. The number of alkyl halides is 3. The van der Waals surface area contributed by atoms with Crippen molar-refractivity contribution in [3.05, 3.63) is 106 Å². The summed E-state index contributed by atoms with van der Waals surface area (Å²) >= 11 is 0. The highest BCUT2D eigenvalue weighted by Crippen LogP contribution is 2.29. The van der Waals surface area contributed by atoms with Gasteiger partial charge < -0.3 is 15.2 Å². The molecule has 0 saturated heterocycles. The van der Waals surface area contributed by atoms with Crippen LogP contribution in [0.25, 0.3) is 0 Å². The van der Waals surface area contributed by atoms with E-state index in [4.69, 9.17) is 0 Å². The second-order valence-corrected chi connectivity index (χ2v) is 6.96. The highest BCUT2D eigenvalue weighted by atomic mass is 19.4. The monoisotopic (exact) mass is 428 g/mol. The van der Waals surface area contributed by atoms with Crippen LogP contribution in [-0.4, -0.2) is 17.6 Å². The van der Waals surface area contributed by atoms with E-state index in [-0.39, 0.29) is 5.56 Å². The van der Waals surface area contributed by atoms with E-state index in [9.17, 15) is 18.0 Å². The minimum atomic E-state index is -4.34. The molecule has 0 saturated carbocycles. The highest BCUT2D eigenvalue weighted by molar-refractivity contribution is 5.79. The van der Waals surface area contributed by atoms with Crippen molar-refractivity contribution in [1.29, 1.82) is 0 Å². The molecule has 1 aromatic heterocycles. The number of halogens is 3. The lowest BCUT2D eigenvalue weighted by atomic mass is 10.1. The molecule has 0 aliphatic rings. The lowest BCUT2D eigenvalue weighted by Crippen LogP contribution is -2.36. The van der Waals surface area contributed by atoms with Gasteiger partial charge in [-0.3, -0.25) is 9.79 Å². The Kier molecular flexibility index (Phi) is 7.12. The van der Waals surface area contributed by atoms with Crippen LogP contribution >= 0.6 is 0 Å². The fraction of sp³-hybridized carbons (Fsp3) is 0.217. The molecule has 0 aliphatic carbocycles. The van der Waals surface area contributed by atoms with Gasteiger partial charge >= 0.3 is 6.18 Å². The Bertz CT molecular complexity index is 1070. The largest absolute Gasteiger partial charge is 0.416 e. The Balaban J connectivity index is 1.50. The van der Waals surface area contributed by atoms with E-state index < -0.39 is 11.7 Å². The zero-order valence-electron chi connectivity index (χ0n) is 17.0. The van der Waals surface area contributed by atoms with Crippen molar-refractivity contribution in [3.8, 4) is 0 Å². The summed E-state index contributed by atoms with van der Waals surface area (Å²) in [6, 6.07) is 18.0. The van der Waals surface area contributed by atoms with E-state index in [0.29, 0.717) is 25.6 Å². The number of nitrogens with one attached hydrogen (secondary N) is 2. The second-order valence-electron chi connectivity index (χ2n) is 6.96. The fourth-order valence-electron chi connectivity index (χ4n) is 2.95. The molecule has 3 aromatic rings. The van der Waals surface area contributed by atoms with Crippen LogP contribution in [0.4, 0.5) is 13.2 Å². The van der Waals surface area contributed by atoms with Gasteiger partial charge in [-0.1, -0.05) is 42.5 Å². The zero-order valence-corrected chi connectivity index (χ0v) is 17.0. The number of aliphatic imine (C=N–C) groups is 1. The molecule has 0 unspecified atom stereocenters. The van der Waals surface area contributed by atoms with Crippen molar-refractivity contribution < 1.29 is 13.2 Å². The highest BCUT2D eigenvalue weighted by Gasteiger charge is 2.29. The van der Waals surface area contributed by atoms with Gasteiger partial charge in [0.05, 0.1) is 12.1 Å². The van der Waals surface area contributed by atoms with Gasteiger partial charge in [0.15, 0.2) is 5.96 Å². The average molecular weight is 428 g/mol. The molecule has 0 bridgehead atoms. The topological polar surface area (TPSA) is 58.4 Å². The minimum Gasteiger partial charge on any atom is -0.352 e. The lowest BCUT2D eigenvalue weighted by molar-refractivity contribution is -0.137. The third-order valence-corrected chi connectivity index (χ3v) is 4.70. The maximum absolute atomic E-state index is 12.6. The number of aromatic nitrogens is 1. The molecule has 31 heavy (non-hydrogen) atoms. The number of hydrogen-bond acceptors (Lipinski definition) is 2. The van der Waals surface area contributed by atoms with Crippen molar-refractivity contribution in [1.82, 2.24) is 15.2 Å². The van der Waals surface area contributed by atoms with Crippen LogP contribution in [0.2, 0.25) is 0 Å². The summed E-state index contributed by atoms with van der Waals surface area (Å²) in [5.41, 5.74) is 2.05. The van der Waals surface area contributed by atoms with Crippen molar-refractivity contribution in [2.45, 2.75) is 25.8 Å². The molecule has 3 rings (SSSR count). The molecule has 5 nitrogen and oxygen atoms in total. The van der Waals surface area contributed by atoms with Crippen LogP contribution in [0, 0.1) is 0 Å². The Hall–Kier alpha value is -3.55. The van der Waals surface area contributed by atoms with E-state index in [2.05, 4.69) is 15.6 Å². The fourth-order valence-corrected chi connectivity index (χ4v) is 2.95. The smallest absolute Gasteiger partial charge is 0.352 e. The molecule has 8 heteroatoms. The van der Waals surface area contributed by atoms with Gasteiger partial charge in [0.1, 0.15) is 0 Å². The maximum atomic E-state index is 12.6. The van der Waals surface area contributed by atoms with Gasteiger partial charge in [-0.25, -0.2) is 0 Å². The van der Waals surface area contributed by atoms with Crippen LogP contribution in [0.5, 0.6) is 0 Å². The number of rotatable bonds is 6. The minimum absolute atomic E-state index is 0.0452. The van der Waals surface area contributed by atoms with Crippen molar-refractivity contribution in [2.75, 3.05) is 7.05 Å². The number of hydrogen-bond donors (Lipinski definition) is 2. The molecule has 2 N–H and O–H groups in total. The Labute approximate surface area is 178 Å². The van der Waals surface area contributed by atoms with Crippen molar-refractivity contribution in [2.24, 2.45) is 4.99 Å². The van der Waals surface area contributed by atoms with Crippen LogP contribution in [0.15, 0.2) is 82.7 Å². The number of guanidine groups is 1. The predicted molar refractivity (Wildman–Crippen MR) is 115 cm³/mol. The first-order valence-electron chi connectivity index (χ1n) is 9.69. The van der Waals surface area contributed by atoms with Gasteiger partial charge in [-0.15, -0.1) is 0 Å². The van der Waals surface area contributed by atoms with E-state index in [1.54, 1.807) is 23.9 Å². The summed E-state index contributed by atoms with van der Waals surface area (Å²) in [7, 11) is 1.63. The average Bonchev–Trinajstić information content (AvgIpc) is 2.76. The Morgan fingerprint density at radius 2 is 1.42 bits per heavy atom. The zero-order chi connectivity index (χ0) is 22.3. The SMILES string of the molecule is CN=C(NCc1ccc(Cn2ccccc2=O)cc1)NCc1ccc(C(F)(F)F)cc1. The van der Waals surface area contributed by atoms with E-state index in [1.807, 2.05) is 30.3 Å². The van der Waals surface area contributed by atoms with Crippen LogP contribution < -0.4 is 16.2 Å². The normalized spacial score (nSPS) is 11.9. The summed E-state index contributed by atoms with van der Waals surface area (Å²) in [6.45, 7) is 1.38. The number of pyridine rings is 1. The third kappa shape index (κ3) is 6.47. The summed E-state index contributed by atoms with van der Waals surface area (Å²) < 4.78 is 39.6. The molecule has 0 atom stereocenters. The van der Waals surface area contributed by atoms with E-state index in [0.717, 1.165) is 28.8 Å². The Morgan fingerprint density at radius 3 is 1.94 bits per heavy atom. The molecule has 0 fully saturated rings. The molecular weight excluding hydrogens is 405 g/mol. The van der Waals surface area contributed by atoms with Gasteiger partial charge in [0, 0.05) is 32.4 Å². The van der Waals surface area contributed by atoms with Crippen LogP contribution in [-0.2, 0) is 25.8 Å². The van der Waals surface area contributed by atoms with Gasteiger partial charge in [-0.05, 0) is 34.9 Å². The van der Waals surface area contributed by atoms with Gasteiger partial charge in [0.2, 0.25) is 0 Å². The third-order valence-electron chi connectivity index (χ3n) is 4.70. The van der Waals surface area contributed by atoms with Crippen LogP contribution in [0.1, 0.15) is 22.3 Å². The van der Waals surface area contributed by atoms with E-state index in [1.165, 1.54) is 18.2 Å². The molecule has 0 radical (unpaired) electrons. The number of nitrogens with zero attached hydrogens (tertiary/aromatic N) is 2.